The number of nitrogens with zero attached hydrogens (tertiary/aromatic N) is 1. The van der Waals surface area contributed by atoms with Gasteiger partial charge in [-0.05, 0) is 30.2 Å². The molecule has 1 aromatic carbocycles. The molecule has 0 aliphatic heterocycles. The summed E-state index contributed by atoms with van der Waals surface area (Å²) in [7, 11) is 3.12. The molecule has 0 aliphatic rings. The molecule has 6 nitrogen and oxygen atoms in total. The Kier molecular flexibility index (Phi) is 5.95. The lowest BCUT2D eigenvalue weighted by molar-refractivity contribution is -0.121. The first kappa shape index (κ1) is 17.5. The summed E-state index contributed by atoms with van der Waals surface area (Å²) in [6.45, 7) is 0.168. The Morgan fingerprint density at radius 2 is 1.92 bits per heavy atom. The van der Waals surface area contributed by atoms with Crippen molar-refractivity contribution in [3.8, 4) is 11.5 Å². The molecule has 2 rings (SSSR count). The highest BCUT2D eigenvalue weighted by atomic mass is 19.1. The maximum Gasteiger partial charge on any atom is 0.251 e. The van der Waals surface area contributed by atoms with Gasteiger partial charge in [0, 0.05) is 18.8 Å². The van der Waals surface area contributed by atoms with Crippen molar-refractivity contribution >= 4 is 5.91 Å². The second-order valence-corrected chi connectivity index (χ2v) is 5.10. The zero-order valence-electron chi connectivity index (χ0n) is 13.5. The van der Waals surface area contributed by atoms with Gasteiger partial charge in [0.15, 0.2) is 11.5 Å². The molecule has 1 aromatic heterocycles. The number of hydrogen-bond acceptors (Lipinski definition) is 4. The van der Waals surface area contributed by atoms with Gasteiger partial charge >= 0.3 is 0 Å². The topological polar surface area (TPSA) is 69.6 Å². The Bertz CT molecular complexity index is 773. The largest absolute Gasteiger partial charge is 0.493 e. The van der Waals surface area contributed by atoms with E-state index in [1.165, 1.54) is 0 Å². The minimum Gasteiger partial charge on any atom is -0.493 e. The van der Waals surface area contributed by atoms with E-state index >= 15 is 0 Å². The van der Waals surface area contributed by atoms with E-state index in [4.69, 9.17) is 9.47 Å². The van der Waals surface area contributed by atoms with Gasteiger partial charge in [0.05, 0.1) is 14.2 Å². The van der Waals surface area contributed by atoms with E-state index in [0.717, 1.165) is 28.5 Å². The monoisotopic (exact) mass is 334 g/mol. The molecule has 0 bridgehead atoms. The van der Waals surface area contributed by atoms with Gasteiger partial charge in [0.1, 0.15) is 12.4 Å². The molecular formula is C17H19FN2O4. The maximum atomic E-state index is 13.1. The van der Waals surface area contributed by atoms with Gasteiger partial charge in [-0.1, -0.05) is 6.07 Å². The Balaban J connectivity index is 1.88. The Morgan fingerprint density at radius 3 is 2.62 bits per heavy atom. The highest BCUT2D eigenvalue weighted by Crippen LogP contribution is 2.27. The summed E-state index contributed by atoms with van der Waals surface area (Å²) >= 11 is 0. The Labute approximate surface area is 138 Å². The Morgan fingerprint density at radius 1 is 1.17 bits per heavy atom. The number of methoxy groups -OCH3 is 2. The lowest BCUT2D eigenvalue weighted by Crippen LogP contribution is -2.33. The summed E-state index contributed by atoms with van der Waals surface area (Å²) in [4.78, 5) is 23.4. The molecule has 0 unspecified atom stereocenters. The quantitative estimate of drug-likeness (QED) is 0.830. The summed E-state index contributed by atoms with van der Waals surface area (Å²) in [5.74, 6) is 0.333. The number of benzene rings is 1. The molecule has 128 valence electrons. The van der Waals surface area contributed by atoms with Crippen molar-refractivity contribution in [3.05, 3.63) is 58.3 Å². The average Bonchev–Trinajstić information content (AvgIpc) is 2.58. The van der Waals surface area contributed by atoms with Crippen molar-refractivity contribution in [1.82, 2.24) is 9.88 Å². The predicted molar refractivity (Wildman–Crippen MR) is 86.9 cm³/mol. The first-order chi connectivity index (χ1) is 11.5. The number of ether oxygens (including phenoxy) is 2. The molecule has 1 N–H and O–H groups in total. The second kappa shape index (κ2) is 8.14. The zero-order valence-corrected chi connectivity index (χ0v) is 13.5. The number of carbonyl (C=O) groups excluding carboxylic acids is 1. The van der Waals surface area contributed by atoms with Gasteiger partial charge in [-0.15, -0.1) is 0 Å². The fourth-order valence-electron chi connectivity index (χ4n) is 2.22. The maximum absolute atomic E-state index is 13.1. The van der Waals surface area contributed by atoms with Crippen LogP contribution in [0.4, 0.5) is 4.39 Å². The van der Waals surface area contributed by atoms with Crippen LogP contribution in [0, 0.1) is 5.82 Å². The van der Waals surface area contributed by atoms with Crippen molar-refractivity contribution < 1.29 is 18.7 Å². The van der Waals surface area contributed by atoms with Crippen LogP contribution in [0.15, 0.2) is 41.3 Å². The number of nitrogens with one attached hydrogen (secondary N) is 1. The lowest BCUT2D eigenvalue weighted by Gasteiger charge is -2.10. The summed E-state index contributed by atoms with van der Waals surface area (Å²) < 4.78 is 24.5. The van der Waals surface area contributed by atoms with Crippen LogP contribution in [-0.2, 0) is 17.8 Å². The molecule has 0 spiro atoms. The number of aromatic nitrogens is 1. The molecule has 1 heterocycles. The second-order valence-electron chi connectivity index (χ2n) is 5.10. The van der Waals surface area contributed by atoms with Crippen LogP contribution in [0.1, 0.15) is 5.56 Å². The predicted octanol–water partition coefficient (Wildman–Crippen LogP) is 1.36. The molecule has 7 heteroatoms. The zero-order chi connectivity index (χ0) is 17.5. The van der Waals surface area contributed by atoms with E-state index < -0.39 is 11.4 Å². The van der Waals surface area contributed by atoms with Crippen molar-refractivity contribution in [1.29, 1.82) is 0 Å². The van der Waals surface area contributed by atoms with Gasteiger partial charge < -0.3 is 19.4 Å². The fourth-order valence-corrected chi connectivity index (χ4v) is 2.22. The van der Waals surface area contributed by atoms with E-state index in [0.29, 0.717) is 24.5 Å². The molecule has 0 saturated carbocycles. The van der Waals surface area contributed by atoms with E-state index in [-0.39, 0.29) is 12.5 Å². The van der Waals surface area contributed by atoms with Crippen molar-refractivity contribution in [2.75, 3.05) is 20.8 Å². The molecule has 0 atom stereocenters. The van der Waals surface area contributed by atoms with Gasteiger partial charge in [0.25, 0.3) is 5.56 Å². The standard InChI is InChI=1S/C17H19FN2O4/c1-23-14-5-3-12(9-15(14)24-2)7-8-19-16(21)11-20-10-13(18)4-6-17(20)22/h3-6,9-10H,7-8,11H2,1-2H3,(H,19,21). The van der Waals surface area contributed by atoms with Crippen molar-refractivity contribution in [2.24, 2.45) is 0 Å². The number of pyridine rings is 1. The number of hydrogen-bond donors (Lipinski definition) is 1. The van der Waals surface area contributed by atoms with Crippen LogP contribution in [-0.4, -0.2) is 31.2 Å². The SMILES string of the molecule is COc1ccc(CCNC(=O)Cn2cc(F)ccc2=O)cc1OC. The van der Waals surface area contributed by atoms with Crippen LogP contribution >= 0.6 is 0 Å². The number of halogens is 1. The first-order valence-electron chi connectivity index (χ1n) is 7.37. The van der Waals surface area contributed by atoms with Crippen LogP contribution in [0.3, 0.4) is 0 Å². The molecule has 0 radical (unpaired) electrons. The highest BCUT2D eigenvalue weighted by molar-refractivity contribution is 5.75. The van der Waals surface area contributed by atoms with Crippen LogP contribution in [0.2, 0.25) is 0 Å². The first-order valence-corrected chi connectivity index (χ1v) is 7.37. The minimum absolute atomic E-state index is 0.220. The fraction of sp³-hybridized carbons (Fsp3) is 0.294. The molecule has 0 saturated heterocycles. The summed E-state index contributed by atoms with van der Waals surface area (Å²) in [6.07, 6.45) is 1.60. The molecule has 24 heavy (non-hydrogen) atoms. The van der Waals surface area contributed by atoms with Crippen LogP contribution < -0.4 is 20.3 Å². The van der Waals surface area contributed by atoms with Crippen molar-refractivity contribution in [2.45, 2.75) is 13.0 Å². The molecule has 0 aliphatic carbocycles. The molecule has 1 amide bonds. The smallest absolute Gasteiger partial charge is 0.251 e. The third kappa shape index (κ3) is 4.58. The van der Waals surface area contributed by atoms with E-state index in [2.05, 4.69) is 5.32 Å². The van der Waals surface area contributed by atoms with Crippen molar-refractivity contribution in [3.63, 3.8) is 0 Å². The van der Waals surface area contributed by atoms with Gasteiger partial charge in [-0.2, -0.15) is 0 Å². The van der Waals surface area contributed by atoms with Crippen LogP contribution in [0.5, 0.6) is 11.5 Å². The van der Waals surface area contributed by atoms with Gasteiger partial charge in [0.2, 0.25) is 5.91 Å². The minimum atomic E-state index is -0.562. The molecular weight excluding hydrogens is 315 g/mol. The highest BCUT2D eigenvalue weighted by Gasteiger charge is 2.07. The number of carbonyl (C=O) groups is 1. The molecule has 0 fully saturated rings. The molecule has 2 aromatic rings. The average molecular weight is 334 g/mol. The number of rotatable bonds is 7. The summed E-state index contributed by atoms with van der Waals surface area (Å²) in [6, 6.07) is 7.66. The van der Waals surface area contributed by atoms with Gasteiger partial charge in [-0.3, -0.25) is 9.59 Å². The Hall–Kier alpha value is -2.83. The number of amides is 1. The van der Waals surface area contributed by atoms with E-state index in [1.807, 2.05) is 12.1 Å². The summed E-state index contributed by atoms with van der Waals surface area (Å²) in [5.41, 5.74) is 0.544. The third-order valence-electron chi connectivity index (χ3n) is 3.45. The van der Waals surface area contributed by atoms with E-state index in [9.17, 15) is 14.0 Å². The third-order valence-corrected chi connectivity index (χ3v) is 3.45. The normalized spacial score (nSPS) is 10.3. The lowest BCUT2D eigenvalue weighted by atomic mass is 10.1. The van der Waals surface area contributed by atoms with E-state index in [1.54, 1.807) is 20.3 Å². The van der Waals surface area contributed by atoms with Gasteiger partial charge in [-0.25, -0.2) is 4.39 Å². The van der Waals surface area contributed by atoms with Crippen LogP contribution in [0.25, 0.3) is 0 Å². The summed E-state index contributed by atoms with van der Waals surface area (Å²) in [5, 5.41) is 2.70.